The van der Waals surface area contributed by atoms with Crippen LogP contribution in [-0.4, -0.2) is 25.8 Å². The van der Waals surface area contributed by atoms with Gasteiger partial charge in [0, 0.05) is 9.37 Å². The van der Waals surface area contributed by atoms with Crippen molar-refractivity contribution < 1.29 is 22.0 Å². The van der Waals surface area contributed by atoms with Crippen molar-refractivity contribution >= 4 is 49.1 Å². The second kappa shape index (κ2) is 8.77. The number of halogens is 3. The molecule has 134 valence electrons. The summed E-state index contributed by atoms with van der Waals surface area (Å²) >= 11 is 3.54. The summed E-state index contributed by atoms with van der Waals surface area (Å²) < 4.78 is 50.2. The van der Waals surface area contributed by atoms with Crippen LogP contribution in [0.1, 0.15) is 5.56 Å². The Morgan fingerprint density at radius 3 is 2.56 bits per heavy atom. The molecule has 0 atom stereocenters. The number of carbonyl (C=O) groups is 1. The topological polar surface area (TPSA) is 63.2 Å². The third kappa shape index (κ3) is 6.75. The van der Waals surface area contributed by atoms with Crippen molar-refractivity contribution in [2.45, 2.75) is 16.4 Å². The monoisotopic (exact) mass is 449 g/mol. The second-order valence-electron chi connectivity index (χ2n) is 5.09. The third-order valence-electron chi connectivity index (χ3n) is 3.00. The molecule has 0 fully saturated rings. The molecule has 0 saturated carbocycles. The van der Waals surface area contributed by atoms with Gasteiger partial charge in [-0.1, -0.05) is 52.0 Å². The molecule has 0 unspecified atom stereocenters. The number of alkyl halides is 2. The second-order valence-corrected chi connectivity index (χ2v) is 9.10. The van der Waals surface area contributed by atoms with Crippen LogP contribution in [0.3, 0.4) is 0 Å². The molecule has 9 heteroatoms. The molecule has 25 heavy (non-hydrogen) atoms. The Morgan fingerprint density at radius 1 is 1.16 bits per heavy atom. The number of carbonyl (C=O) groups excluding carboxylic acids is 1. The molecule has 0 aliphatic carbocycles. The average Bonchev–Trinajstić information content (AvgIpc) is 2.47. The summed E-state index contributed by atoms with van der Waals surface area (Å²) in [5.74, 6) is -4.42. The van der Waals surface area contributed by atoms with E-state index in [1.54, 1.807) is 36.4 Å². The Balaban J connectivity index is 2.04. The van der Waals surface area contributed by atoms with Crippen molar-refractivity contribution in [2.24, 2.45) is 0 Å². The maximum Gasteiger partial charge on any atom is 0.288 e. The molecule has 0 spiro atoms. The van der Waals surface area contributed by atoms with E-state index >= 15 is 0 Å². The fraction of sp³-hybridized carbons (Fsp3) is 0.188. The van der Waals surface area contributed by atoms with E-state index in [0.29, 0.717) is 5.56 Å². The van der Waals surface area contributed by atoms with Gasteiger partial charge in [0.15, 0.2) is 9.84 Å². The Kier molecular flexibility index (Phi) is 6.97. The minimum absolute atomic E-state index is 0.162. The molecule has 2 aromatic carbocycles. The molecule has 1 amide bonds. The highest BCUT2D eigenvalue weighted by molar-refractivity contribution is 9.10. The number of rotatable bonds is 7. The summed E-state index contributed by atoms with van der Waals surface area (Å²) in [6.45, 7) is 0. The van der Waals surface area contributed by atoms with E-state index in [1.807, 2.05) is 0 Å². The maximum absolute atomic E-state index is 12.5. The number of para-hydroxylation sites is 1. The van der Waals surface area contributed by atoms with Crippen molar-refractivity contribution in [3.8, 4) is 0 Å². The standard InChI is InChI=1S/C16H14BrF2NO3S2/c17-12-5-3-4-11(8-12)9-25(22,23)10-15(21)20-13-6-1-2-7-14(13)24-16(18)19/h1-8,16H,9-10H2,(H,20,21). The van der Waals surface area contributed by atoms with Crippen LogP contribution in [0.5, 0.6) is 0 Å². The summed E-state index contributed by atoms with van der Waals surface area (Å²) in [6.07, 6.45) is 0. The number of anilines is 1. The minimum Gasteiger partial charge on any atom is -0.324 e. The lowest BCUT2D eigenvalue weighted by Gasteiger charge is -2.10. The number of thioether (sulfide) groups is 1. The summed E-state index contributed by atoms with van der Waals surface area (Å²) in [4.78, 5) is 12.2. The largest absolute Gasteiger partial charge is 0.324 e. The summed E-state index contributed by atoms with van der Waals surface area (Å²) in [5, 5.41) is 2.39. The lowest BCUT2D eigenvalue weighted by atomic mass is 10.2. The van der Waals surface area contributed by atoms with E-state index in [1.165, 1.54) is 12.1 Å². The lowest BCUT2D eigenvalue weighted by molar-refractivity contribution is -0.113. The Labute approximate surface area is 157 Å². The van der Waals surface area contributed by atoms with Crippen LogP contribution in [0.15, 0.2) is 57.9 Å². The molecule has 1 N–H and O–H groups in total. The molecular weight excluding hydrogens is 436 g/mol. The van der Waals surface area contributed by atoms with E-state index in [9.17, 15) is 22.0 Å². The predicted molar refractivity (Wildman–Crippen MR) is 98.6 cm³/mol. The Bertz CT molecular complexity index is 860. The van der Waals surface area contributed by atoms with Crippen LogP contribution in [0.25, 0.3) is 0 Å². The number of hydrogen-bond acceptors (Lipinski definition) is 4. The van der Waals surface area contributed by atoms with E-state index < -0.39 is 27.3 Å². The molecule has 0 saturated heterocycles. The Morgan fingerprint density at radius 2 is 1.88 bits per heavy atom. The van der Waals surface area contributed by atoms with E-state index in [-0.39, 0.29) is 28.1 Å². The van der Waals surface area contributed by atoms with Crippen LogP contribution in [-0.2, 0) is 20.4 Å². The van der Waals surface area contributed by atoms with Crippen LogP contribution < -0.4 is 5.32 Å². The molecule has 0 heterocycles. The van der Waals surface area contributed by atoms with Crippen LogP contribution in [0.4, 0.5) is 14.5 Å². The van der Waals surface area contributed by atoms with Gasteiger partial charge < -0.3 is 5.32 Å². The van der Waals surface area contributed by atoms with Gasteiger partial charge in [0.2, 0.25) is 5.91 Å². The molecule has 0 aromatic heterocycles. The van der Waals surface area contributed by atoms with Gasteiger partial charge in [-0.3, -0.25) is 4.79 Å². The van der Waals surface area contributed by atoms with Gasteiger partial charge in [0.25, 0.3) is 5.76 Å². The fourth-order valence-electron chi connectivity index (χ4n) is 2.09. The first-order chi connectivity index (χ1) is 11.7. The zero-order chi connectivity index (χ0) is 18.4. The van der Waals surface area contributed by atoms with Crippen LogP contribution >= 0.6 is 27.7 Å². The van der Waals surface area contributed by atoms with Crippen LogP contribution in [0.2, 0.25) is 0 Å². The first-order valence-corrected chi connectivity index (χ1v) is 10.5. The zero-order valence-electron chi connectivity index (χ0n) is 12.8. The average molecular weight is 450 g/mol. The highest BCUT2D eigenvalue weighted by atomic mass is 79.9. The van der Waals surface area contributed by atoms with Crippen molar-refractivity contribution in [3.05, 3.63) is 58.6 Å². The van der Waals surface area contributed by atoms with Gasteiger partial charge in [-0.05, 0) is 29.8 Å². The smallest absolute Gasteiger partial charge is 0.288 e. The number of amides is 1. The molecule has 4 nitrogen and oxygen atoms in total. The normalized spacial score (nSPS) is 11.5. The highest BCUT2D eigenvalue weighted by Gasteiger charge is 2.19. The van der Waals surface area contributed by atoms with E-state index in [2.05, 4.69) is 21.2 Å². The maximum atomic E-state index is 12.5. The number of benzene rings is 2. The predicted octanol–water partition coefficient (Wildman–Crippen LogP) is 4.32. The summed E-state index contributed by atoms with van der Waals surface area (Å²) in [6, 6.07) is 12.8. The number of hydrogen-bond donors (Lipinski definition) is 1. The highest BCUT2D eigenvalue weighted by Crippen LogP contribution is 2.31. The van der Waals surface area contributed by atoms with Gasteiger partial charge in [0.05, 0.1) is 11.4 Å². The molecule has 2 aromatic rings. The molecule has 0 aliphatic rings. The van der Waals surface area contributed by atoms with E-state index in [4.69, 9.17) is 0 Å². The van der Waals surface area contributed by atoms with Crippen molar-refractivity contribution in [3.63, 3.8) is 0 Å². The van der Waals surface area contributed by atoms with Crippen LogP contribution in [0, 0.1) is 0 Å². The van der Waals surface area contributed by atoms with Gasteiger partial charge >= 0.3 is 0 Å². The third-order valence-corrected chi connectivity index (χ3v) is 5.76. The molecule has 2 rings (SSSR count). The molecular formula is C16H14BrF2NO3S2. The van der Waals surface area contributed by atoms with Gasteiger partial charge in [-0.25, -0.2) is 8.42 Å². The quantitative estimate of drug-likeness (QED) is 0.639. The molecule has 0 bridgehead atoms. The SMILES string of the molecule is O=C(CS(=O)(=O)Cc1cccc(Br)c1)Nc1ccccc1SC(F)F. The molecule has 0 radical (unpaired) electrons. The van der Waals surface area contributed by atoms with Crippen molar-refractivity contribution in [1.29, 1.82) is 0 Å². The first-order valence-electron chi connectivity index (χ1n) is 7.04. The van der Waals surface area contributed by atoms with Gasteiger partial charge in [0.1, 0.15) is 5.75 Å². The summed E-state index contributed by atoms with van der Waals surface area (Å²) in [5.41, 5.74) is 0.714. The minimum atomic E-state index is -3.69. The fourth-order valence-corrected chi connectivity index (χ4v) is 4.39. The van der Waals surface area contributed by atoms with E-state index in [0.717, 1.165) is 4.47 Å². The lowest BCUT2D eigenvalue weighted by Crippen LogP contribution is -2.24. The van der Waals surface area contributed by atoms with Crippen molar-refractivity contribution in [1.82, 2.24) is 0 Å². The van der Waals surface area contributed by atoms with Gasteiger partial charge in [-0.15, -0.1) is 0 Å². The first kappa shape index (κ1) is 19.9. The summed E-state index contributed by atoms with van der Waals surface area (Å²) in [7, 11) is -3.69. The van der Waals surface area contributed by atoms with Crippen molar-refractivity contribution in [2.75, 3.05) is 11.1 Å². The zero-order valence-corrected chi connectivity index (χ0v) is 16.0. The Hall–Kier alpha value is -1.45. The molecule has 0 aliphatic heterocycles. The number of sulfone groups is 1. The number of nitrogens with one attached hydrogen (secondary N) is 1. The van der Waals surface area contributed by atoms with Gasteiger partial charge in [-0.2, -0.15) is 8.78 Å².